The molecule has 0 saturated heterocycles. The highest BCUT2D eigenvalue weighted by Crippen LogP contribution is 2.30. The number of aliphatic carboxylic acids is 1. The summed E-state index contributed by atoms with van der Waals surface area (Å²) in [7, 11) is 0. The number of halogens is 1. The van der Waals surface area contributed by atoms with Crippen molar-refractivity contribution < 1.29 is 19.4 Å². The highest BCUT2D eigenvalue weighted by Gasteiger charge is 2.31. The molecule has 1 aliphatic rings. The van der Waals surface area contributed by atoms with E-state index in [9.17, 15) is 9.59 Å². The molecule has 1 N–H and O–H groups in total. The van der Waals surface area contributed by atoms with E-state index >= 15 is 0 Å². The van der Waals surface area contributed by atoms with Crippen LogP contribution < -0.4 is 4.74 Å². The van der Waals surface area contributed by atoms with Crippen molar-refractivity contribution >= 4 is 23.5 Å². The molecule has 1 aromatic carbocycles. The number of rotatable bonds is 5. The van der Waals surface area contributed by atoms with E-state index in [1.54, 1.807) is 11.0 Å². The second kappa shape index (κ2) is 7.01. The zero-order chi connectivity index (χ0) is 16.3. The van der Waals surface area contributed by atoms with E-state index in [4.69, 9.17) is 21.4 Å². The summed E-state index contributed by atoms with van der Waals surface area (Å²) >= 11 is 5.99. The molecule has 1 aliphatic heterocycles. The average molecular weight is 326 g/mol. The Morgan fingerprint density at radius 3 is 2.82 bits per heavy atom. The van der Waals surface area contributed by atoms with Crippen molar-refractivity contribution in [2.45, 2.75) is 32.7 Å². The van der Waals surface area contributed by atoms with Crippen LogP contribution in [0.2, 0.25) is 5.02 Å². The van der Waals surface area contributed by atoms with Gasteiger partial charge in [-0.05, 0) is 44.0 Å². The molecule has 0 aromatic heterocycles. The minimum atomic E-state index is -0.907. The SMILES string of the molecule is CC(C)N(CCC(=O)O)C(=O)C1COc2ccc(Cl)cc2C1. The van der Waals surface area contributed by atoms with E-state index in [1.165, 1.54) is 0 Å². The van der Waals surface area contributed by atoms with Crippen molar-refractivity contribution in [2.24, 2.45) is 5.92 Å². The Kier molecular flexibility index (Phi) is 5.29. The lowest BCUT2D eigenvalue weighted by atomic mass is 9.95. The molecule has 0 spiro atoms. The molecule has 120 valence electrons. The Hall–Kier alpha value is -1.75. The Balaban J connectivity index is 2.10. The molecule has 1 aromatic rings. The summed E-state index contributed by atoms with van der Waals surface area (Å²) in [5.74, 6) is -0.519. The van der Waals surface area contributed by atoms with Crippen molar-refractivity contribution in [3.63, 3.8) is 0 Å². The summed E-state index contributed by atoms with van der Waals surface area (Å²) < 4.78 is 5.65. The number of carboxylic acid groups (broad SMARTS) is 1. The highest BCUT2D eigenvalue weighted by atomic mass is 35.5. The summed E-state index contributed by atoms with van der Waals surface area (Å²) in [5, 5.41) is 9.43. The normalized spacial score (nSPS) is 16.8. The molecule has 2 rings (SSSR count). The first kappa shape index (κ1) is 16.6. The Morgan fingerprint density at radius 2 is 2.18 bits per heavy atom. The van der Waals surface area contributed by atoms with Crippen LogP contribution in [0.15, 0.2) is 18.2 Å². The highest BCUT2D eigenvalue weighted by molar-refractivity contribution is 6.30. The van der Waals surface area contributed by atoms with Gasteiger partial charge in [0.15, 0.2) is 0 Å². The van der Waals surface area contributed by atoms with Crippen LogP contribution in [0.3, 0.4) is 0 Å². The van der Waals surface area contributed by atoms with Gasteiger partial charge < -0.3 is 14.7 Å². The predicted octanol–water partition coefficient (Wildman–Crippen LogP) is 2.60. The fourth-order valence-corrected chi connectivity index (χ4v) is 2.79. The third-order valence-corrected chi connectivity index (χ3v) is 3.99. The lowest BCUT2D eigenvalue weighted by molar-refractivity contribution is -0.141. The molecule has 0 saturated carbocycles. The van der Waals surface area contributed by atoms with Crippen LogP contribution in [0.25, 0.3) is 0 Å². The zero-order valence-corrected chi connectivity index (χ0v) is 13.5. The molecular weight excluding hydrogens is 306 g/mol. The van der Waals surface area contributed by atoms with Crippen molar-refractivity contribution in [3.8, 4) is 5.75 Å². The Morgan fingerprint density at radius 1 is 1.45 bits per heavy atom. The van der Waals surface area contributed by atoms with Gasteiger partial charge in [-0.3, -0.25) is 9.59 Å². The van der Waals surface area contributed by atoms with E-state index in [-0.39, 0.29) is 30.8 Å². The van der Waals surface area contributed by atoms with E-state index in [1.807, 2.05) is 26.0 Å². The van der Waals surface area contributed by atoms with Crippen LogP contribution in [0.1, 0.15) is 25.8 Å². The first-order valence-corrected chi connectivity index (χ1v) is 7.69. The number of hydrogen-bond donors (Lipinski definition) is 1. The molecular formula is C16H20ClNO4. The van der Waals surface area contributed by atoms with Crippen molar-refractivity contribution in [3.05, 3.63) is 28.8 Å². The van der Waals surface area contributed by atoms with E-state index < -0.39 is 5.97 Å². The second-order valence-electron chi connectivity index (χ2n) is 5.73. The number of carbonyl (C=O) groups is 2. The van der Waals surface area contributed by atoms with Crippen LogP contribution >= 0.6 is 11.6 Å². The zero-order valence-electron chi connectivity index (χ0n) is 12.7. The molecule has 6 heteroatoms. The fraction of sp³-hybridized carbons (Fsp3) is 0.500. The molecule has 0 aliphatic carbocycles. The van der Waals surface area contributed by atoms with Crippen LogP contribution in [0, 0.1) is 5.92 Å². The lowest BCUT2D eigenvalue weighted by Crippen LogP contribution is -2.45. The van der Waals surface area contributed by atoms with Gasteiger partial charge in [0.05, 0.1) is 12.3 Å². The molecule has 0 bridgehead atoms. The minimum absolute atomic E-state index is 0.0485. The van der Waals surface area contributed by atoms with Crippen molar-refractivity contribution in [2.75, 3.05) is 13.2 Å². The smallest absolute Gasteiger partial charge is 0.305 e. The number of benzene rings is 1. The Labute approximate surface area is 134 Å². The van der Waals surface area contributed by atoms with E-state index in [2.05, 4.69) is 0 Å². The van der Waals surface area contributed by atoms with Crippen molar-refractivity contribution in [1.82, 2.24) is 4.90 Å². The number of ether oxygens (including phenoxy) is 1. The summed E-state index contributed by atoms with van der Waals surface area (Å²) in [4.78, 5) is 25.0. The first-order chi connectivity index (χ1) is 10.4. The third kappa shape index (κ3) is 3.91. The molecule has 0 radical (unpaired) electrons. The predicted molar refractivity (Wildman–Crippen MR) is 83.2 cm³/mol. The maximum atomic E-state index is 12.7. The largest absolute Gasteiger partial charge is 0.492 e. The Bertz CT molecular complexity index is 573. The topological polar surface area (TPSA) is 66.8 Å². The van der Waals surface area contributed by atoms with Crippen LogP contribution in [0.5, 0.6) is 5.75 Å². The molecule has 22 heavy (non-hydrogen) atoms. The van der Waals surface area contributed by atoms with Gasteiger partial charge in [-0.2, -0.15) is 0 Å². The van der Waals surface area contributed by atoms with Crippen molar-refractivity contribution in [1.29, 1.82) is 0 Å². The van der Waals surface area contributed by atoms with Gasteiger partial charge in [0.1, 0.15) is 12.4 Å². The van der Waals surface area contributed by atoms with Crippen LogP contribution in [0.4, 0.5) is 0 Å². The van der Waals surface area contributed by atoms with E-state index in [0.717, 1.165) is 11.3 Å². The molecule has 1 heterocycles. The minimum Gasteiger partial charge on any atom is -0.492 e. The number of carbonyl (C=O) groups excluding carboxylic acids is 1. The van der Waals surface area contributed by atoms with Gasteiger partial charge in [-0.25, -0.2) is 0 Å². The number of carboxylic acids is 1. The maximum Gasteiger partial charge on any atom is 0.305 e. The van der Waals surface area contributed by atoms with E-state index in [0.29, 0.717) is 18.1 Å². The van der Waals surface area contributed by atoms with Crippen LogP contribution in [-0.4, -0.2) is 41.1 Å². The van der Waals surface area contributed by atoms with Gasteiger partial charge in [-0.1, -0.05) is 11.6 Å². The molecule has 0 fully saturated rings. The monoisotopic (exact) mass is 325 g/mol. The summed E-state index contributed by atoms with van der Waals surface area (Å²) in [6.07, 6.45) is 0.505. The van der Waals surface area contributed by atoms with Gasteiger partial charge in [-0.15, -0.1) is 0 Å². The van der Waals surface area contributed by atoms with Crippen LogP contribution in [-0.2, 0) is 16.0 Å². The number of fused-ring (bicyclic) bond motifs is 1. The fourth-order valence-electron chi connectivity index (χ4n) is 2.60. The summed E-state index contributed by atoms with van der Waals surface area (Å²) in [5.41, 5.74) is 0.916. The molecule has 5 nitrogen and oxygen atoms in total. The number of hydrogen-bond acceptors (Lipinski definition) is 3. The lowest BCUT2D eigenvalue weighted by Gasteiger charge is -2.32. The number of nitrogens with zero attached hydrogens (tertiary/aromatic N) is 1. The molecule has 1 amide bonds. The van der Waals surface area contributed by atoms with Gasteiger partial charge >= 0.3 is 5.97 Å². The maximum absolute atomic E-state index is 12.7. The van der Waals surface area contributed by atoms with Gasteiger partial charge in [0.25, 0.3) is 0 Å². The average Bonchev–Trinajstić information content (AvgIpc) is 2.45. The standard InChI is InChI=1S/C16H20ClNO4/c1-10(2)18(6-5-15(19)20)16(21)12-7-11-8-13(17)3-4-14(11)22-9-12/h3-4,8,10,12H,5-7,9H2,1-2H3,(H,19,20). The molecule has 1 atom stereocenters. The quantitative estimate of drug-likeness (QED) is 0.903. The third-order valence-electron chi connectivity index (χ3n) is 3.75. The first-order valence-electron chi connectivity index (χ1n) is 7.32. The summed E-state index contributed by atoms with van der Waals surface area (Å²) in [6.45, 7) is 4.29. The number of amides is 1. The van der Waals surface area contributed by atoms with Gasteiger partial charge in [0, 0.05) is 17.6 Å². The molecule has 1 unspecified atom stereocenters. The van der Waals surface area contributed by atoms with Gasteiger partial charge in [0.2, 0.25) is 5.91 Å². The second-order valence-corrected chi connectivity index (χ2v) is 6.17. The summed E-state index contributed by atoms with van der Waals surface area (Å²) in [6, 6.07) is 5.33.